The van der Waals surface area contributed by atoms with Gasteiger partial charge in [-0.05, 0) is 24.1 Å². The molecule has 22 heavy (non-hydrogen) atoms. The molecule has 2 heterocycles. The van der Waals surface area contributed by atoms with Crippen LogP contribution in [-0.2, 0) is 13.5 Å². The lowest BCUT2D eigenvalue weighted by Gasteiger charge is -2.07. The average Bonchev–Trinajstić information content (AvgIpc) is 2.56. The van der Waals surface area contributed by atoms with Crippen LogP contribution in [0.3, 0.4) is 0 Å². The molecule has 0 aliphatic heterocycles. The van der Waals surface area contributed by atoms with Crippen LogP contribution in [0, 0.1) is 6.92 Å². The summed E-state index contributed by atoms with van der Waals surface area (Å²) in [6.45, 7) is 4.20. The second-order valence-electron chi connectivity index (χ2n) is 5.47. The van der Waals surface area contributed by atoms with Crippen molar-refractivity contribution in [2.45, 2.75) is 20.3 Å². The van der Waals surface area contributed by atoms with Gasteiger partial charge in [-0.1, -0.05) is 25.1 Å². The molecular formula is C19H20N3+. The van der Waals surface area contributed by atoms with Crippen molar-refractivity contribution in [1.82, 2.24) is 9.97 Å². The normalized spacial score (nSPS) is 10.7. The van der Waals surface area contributed by atoms with Crippen LogP contribution in [-0.4, -0.2) is 9.97 Å². The summed E-state index contributed by atoms with van der Waals surface area (Å²) in [6.07, 6.45) is 6.76. The third kappa shape index (κ3) is 2.75. The fourth-order valence-electron chi connectivity index (χ4n) is 2.56. The Labute approximate surface area is 131 Å². The van der Waals surface area contributed by atoms with Crippen LogP contribution in [0.1, 0.15) is 18.3 Å². The molecule has 1 aromatic carbocycles. The first-order valence-electron chi connectivity index (χ1n) is 7.56. The summed E-state index contributed by atoms with van der Waals surface area (Å²) in [5.74, 6) is 0.879. The number of hydrogen-bond donors (Lipinski definition) is 0. The number of aryl methyl sites for hydroxylation is 3. The highest BCUT2D eigenvalue weighted by Gasteiger charge is 2.13. The summed E-state index contributed by atoms with van der Waals surface area (Å²) in [7, 11) is 2.07. The minimum Gasteiger partial charge on any atom is -0.241 e. The third-order valence-electron chi connectivity index (χ3n) is 3.93. The summed E-state index contributed by atoms with van der Waals surface area (Å²) < 4.78 is 2.15. The Morgan fingerprint density at radius 3 is 2.41 bits per heavy atom. The zero-order valence-corrected chi connectivity index (χ0v) is 13.2. The second-order valence-corrected chi connectivity index (χ2v) is 5.47. The fourth-order valence-corrected chi connectivity index (χ4v) is 2.56. The van der Waals surface area contributed by atoms with Crippen molar-refractivity contribution in [3.63, 3.8) is 0 Å². The minimum absolute atomic E-state index is 0.860. The number of benzene rings is 1. The Morgan fingerprint density at radius 2 is 1.73 bits per heavy atom. The van der Waals surface area contributed by atoms with Crippen LogP contribution >= 0.6 is 0 Å². The lowest BCUT2D eigenvalue weighted by atomic mass is 10.0. The molecule has 110 valence electrons. The van der Waals surface area contributed by atoms with Crippen molar-refractivity contribution in [3.8, 4) is 22.4 Å². The van der Waals surface area contributed by atoms with Crippen molar-refractivity contribution in [3.05, 3.63) is 66.4 Å². The molecular weight excluding hydrogens is 270 g/mol. The number of nitrogens with zero attached hydrogens (tertiary/aromatic N) is 3. The summed E-state index contributed by atoms with van der Waals surface area (Å²) in [6, 6.07) is 12.7. The molecule has 0 aliphatic rings. The predicted octanol–water partition coefficient (Wildman–Crippen LogP) is 3.51. The van der Waals surface area contributed by atoms with E-state index in [1.165, 1.54) is 16.8 Å². The molecule has 3 rings (SSSR count). The number of aromatic nitrogens is 3. The van der Waals surface area contributed by atoms with Gasteiger partial charge in [0.1, 0.15) is 12.9 Å². The summed E-state index contributed by atoms with van der Waals surface area (Å²) >= 11 is 0. The number of hydrogen-bond acceptors (Lipinski definition) is 2. The first kappa shape index (κ1) is 14.4. The van der Waals surface area contributed by atoms with Crippen LogP contribution in [0.2, 0.25) is 0 Å². The van der Waals surface area contributed by atoms with E-state index in [0.717, 1.165) is 23.4 Å². The molecule has 0 saturated heterocycles. The van der Waals surface area contributed by atoms with Gasteiger partial charge < -0.3 is 0 Å². The fraction of sp³-hybridized carbons (Fsp3) is 0.211. The van der Waals surface area contributed by atoms with E-state index in [0.29, 0.717) is 0 Å². The Hall–Kier alpha value is -2.55. The molecule has 3 aromatic rings. The van der Waals surface area contributed by atoms with Gasteiger partial charge >= 0.3 is 0 Å². The molecule has 0 atom stereocenters. The van der Waals surface area contributed by atoms with E-state index >= 15 is 0 Å². The van der Waals surface area contributed by atoms with E-state index in [1.807, 2.05) is 12.4 Å². The third-order valence-corrected chi connectivity index (χ3v) is 3.93. The molecule has 0 bridgehead atoms. The largest absolute Gasteiger partial charge is 0.241 e. The van der Waals surface area contributed by atoms with Crippen molar-refractivity contribution >= 4 is 0 Å². The minimum atomic E-state index is 0.860. The van der Waals surface area contributed by atoms with E-state index in [9.17, 15) is 0 Å². The lowest BCUT2D eigenvalue weighted by Crippen LogP contribution is -2.30. The molecule has 2 aromatic heterocycles. The summed E-state index contributed by atoms with van der Waals surface area (Å²) in [4.78, 5) is 8.80. The van der Waals surface area contributed by atoms with Crippen LogP contribution in [0.5, 0.6) is 0 Å². The van der Waals surface area contributed by atoms with E-state index < -0.39 is 0 Å². The van der Waals surface area contributed by atoms with Gasteiger partial charge in [0.05, 0.1) is 0 Å². The van der Waals surface area contributed by atoms with Crippen molar-refractivity contribution in [1.29, 1.82) is 0 Å². The number of pyridine rings is 1. The van der Waals surface area contributed by atoms with Crippen LogP contribution in [0.15, 0.2) is 55.0 Å². The van der Waals surface area contributed by atoms with Gasteiger partial charge in [-0.15, -0.1) is 0 Å². The quantitative estimate of drug-likeness (QED) is 0.691. The summed E-state index contributed by atoms with van der Waals surface area (Å²) in [5.41, 5.74) is 5.90. The van der Waals surface area contributed by atoms with Gasteiger partial charge in [0.2, 0.25) is 5.69 Å². The first-order chi connectivity index (χ1) is 10.7. The highest BCUT2D eigenvalue weighted by atomic mass is 14.9. The van der Waals surface area contributed by atoms with Gasteiger partial charge in [-0.3, -0.25) is 0 Å². The van der Waals surface area contributed by atoms with E-state index in [1.54, 1.807) is 0 Å². The monoisotopic (exact) mass is 290 g/mol. The highest BCUT2D eigenvalue weighted by Crippen LogP contribution is 2.24. The maximum absolute atomic E-state index is 4.40. The first-order valence-corrected chi connectivity index (χ1v) is 7.56. The molecule has 0 amide bonds. The molecule has 3 nitrogen and oxygen atoms in total. The SMILES string of the molecule is CCc1ncc(-c2cc[n+](C)c(-c3ccccc3C)c2)cn1. The van der Waals surface area contributed by atoms with Gasteiger partial charge in [-0.2, -0.15) is 0 Å². The maximum Gasteiger partial charge on any atom is 0.213 e. The van der Waals surface area contributed by atoms with Gasteiger partial charge in [0, 0.05) is 42.1 Å². The molecule has 0 unspecified atom stereocenters. The van der Waals surface area contributed by atoms with E-state index in [4.69, 9.17) is 0 Å². The molecule has 0 saturated carbocycles. The second kappa shape index (κ2) is 6.06. The standard InChI is InChI=1S/C19H20N3/c1-4-19-20-12-16(13-21-19)15-9-10-22(3)18(11-15)17-8-6-5-7-14(17)2/h5-13H,4H2,1-3H3/q+1. The highest BCUT2D eigenvalue weighted by molar-refractivity contribution is 5.69. The molecule has 0 N–H and O–H groups in total. The van der Waals surface area contributed by atoms with E-state index in [-0.39, 0.29) is 0 Å². The van der Waals surface area contributed by atoms with Gasteiger partial charge in [0.25, 0.3) is 0 Å². The van der Waals surface area contributed by atoms with Gasteiger partial charge in [0.15, 0.2) is 6.20 Å². The van der Waals surface area contributed by atoms with E-state index in [2.05, 4.69) is 78.0 Å². The topological polar surface area (TPSA) is 29.7 Å². The smallest absolute Gasteiger partial charge is 0.213 e. The van der Waals surface area contributed by atoms with Gasteiger partial charge in [-0.25, -0.2) is 14.5 Å². The van der Waals surface area contributed by atoms with Crippen molar-refractivity contribution in [2.75, 3.05) is 0 Å². The lowest BCUT2D eigenvalue weighted by molar-refractivity contribution is -0.660. The zero-order chi connectivity index (χ0) is 15.5. The Kier molecular flexibility index (Phi) is 3.96. The van der Waals surface area contributed by atoms with Crippen molar-refractivity contribution in [2.24, 2.45) is 7.05 Å². The Morgan fingerprint density at radius 1 is 1.00 bits per heavy atom. The maximum atomic E-state index is 4.40. The predicted molar refractivity (Wildman–Crippen MR) is 88.2 cm³/mol. The van der Waals surface area contributed by atoms with Crippen LogP contribution in [0.4, 0.5) is 0 Å². The Balaban J connectivity index is 2.08. The zero-order valence-electron chi connectivity index (χ0n) is 13.2. The molecule has 0 fully saturated rings. The molecule has 3 heteroatoms. The Bertz CT molecular complexity index is 792. The number of rotatable bonds is 3. The summed E-state index contributed by atoms with van der Waals surface area (Å²) in [5, 5.41) is 0. The van der Waals surface area contributed by atoms with Crippen LogP contribution < -0.4 is 4.57 Å². The average molecular weight is 290 g/mol. The van der Waals surface area contributed by atoms with Crippen molar-refractivity contribution < 1.29 is 4.57 Å². The van der Waals surface area contributed by atoms with Crippen LogP contribution in [0.25, 0.3) is 22.4 Å². The molecule has 0 aliphatic carbocycles. The molecule has 0 spiro atoms. The molecule has 0 radical (unpaired) electrons.